The van der Waals surface area contributed by atoms with Gasteiger partial charge < -0.3 is 5.32 Å². The van der Waals surface area contributed by atoms with E-state index in [1.807, 2.05) is 0 Å². The van der Waals surface area contributed by atoms with Crippen LogP contribution >= 0.6 is 12.4 Å². The molecule has 7 heteroatoms. The normalized spacial score (nSPS) is 12.3. The molecule has 1 aromatic rings. The summed E-state index contributed by atoms with van der Waals surface area (Å²) in [5, 5.41) is 3.48. The van der Waals surface area contributed by atoms with Crippen LogP contribution in [-0.2, 0) is 10.0 Å². The van der Waals surface area contributed by atoms with Crippen molar-refractivity contribution in [2.24, 2.45) is 0 Å². The summed E-state index contributed by atoms with van der Waals surface area (Å²) in [5.74, 6) is 0.0687. The number of Topliss-reactive ketones (excluding diaryl/α,β-unsaturated/α-hetero) is 1. The topological polar surface area (TPSA) is 75.3 Å². The van der Waals surface area contributed by atoms with Gasteiger partial charge in [-0.05, 0) is 37.1 Å². The molecule has 0 fully saturated rings. The van der Waals surface area contributed by atoms with Gasteiger partial charge in [-0.25, -0.2) is 8.42 Å². The summed E-state index contributed by atoms with van der Waals surface area (Å²) >= 11 is 0. The lowest BCUT2D eigenvalue weighted by molar-refractivity contribution is 0.0981. The van der Waals surface area contributed by atoms with Crippen molar-refractivity contribution in [2.75, 3.05) is 17.5 Å². The molecule has 0 heterocycles. The van der Waals surface area contributed by atoms with Crippen molar-refractivity contribution < 1.29 is 13.2 Å². The fourth-order valence-corrected chi connectivity index (χ4v) is 3.30. The summed E-state index contributed by atoms with van der Waals surface area (Å²) in [5.41, 5.74) is 1.08. The molecule has 0 aliphatic rings. The summed E-state index contributed by atoms with van der Waals surface area (Å²) in [6.07, 6.45) is 8.84. The molecule has 0 aromatic heterocycles. The van der Waals surface area contributed by atoms with E-state index >= 15 is 0 Å². The number of benzene rings is 1. The van der Waals surface area contributed by atoms with Crippen molar-refractivity contribution in [2.45, 2.75) is 64.8 Å². The van der Waals surface area contributed by atoms with Gasteiger partial charge in [-0.15, -0.1) is 12.4 Å². The zero-order valence-electron chi connectivity index (χ0n) is 16.1. The number of sulfonamides is 1. The van der Waals surface area contributed by atoms with Crippen molar-refractivity contribution in [3.8, 4) is 0 Å². The molecule has 0 aliphatic heterocycles. The lowest BCUT2D eigenvalue weighted by Crippen LogP contribution is -2.30. The summed E-state index contributed by atoms with van der Waals surface area (Å²) in [6, 6.07) is 7.04. The molecule has 0 spiro atoms. The quantitative estimate of drug-likeness (QED) is 0.377. The Morgan fingerprint density at radius 2 is 1.73 bits per heavy atom. The number of nitrogens with one attached hydrogen (secondary N) is 2. The molecule has 0 radical (unpaired) electrons. The first kappa shape index (κ1) is 24.9. The van der Waals surface area contributed by atoms with Crippen molar-refractivity contribution in [3.63, 3.8) is 0 Å². The number of carbonyl (C=O) groups excluding carboxylic acids is 1. The second kappa shape index (κ2) is 13.1. The Labute approximate surface area is 164 Å². The van der Waals surface area contributed by atoms with Gasteiger partial charge in [-0.3, -0.25) is 9.52 Å². The first-order valence-corrected chi connectivity index (χ1v) is 11.1. The Balaban J connectivity index is 0.00000625. The van der Waals surface area contributed by atoms with Crippen LogP contribution in [0.15, 0.2) is 24.3 Å². The number of hydrogen-bond acceptors (Lipinski definition) is 4. The number of anilines is 1. The van der Waals surface area contributed by atoms with Crippen LogP contribution in [0.2, 0.25) is 0 Å². The lowest BCUT2D eigenvalue weighted by Gasteiger charge is -2.16. The molecule has 0 amide bonds. The summed E-state index contributed by atoms with van der Waals surface area (Å²) in [6.45, 7) is 5.06. The van der Waals surface area contributed by atoms with E-state index in [4.69, 9.17) is 0 Å². The standard InChI is InChI=1S/C19H32N2O3S.ClH/c1-4-6-7-8-9-17(5-2)20-15-14-19(22)16-10-12-18(13-11-16)21-25(3,23)24;/h10-13,17,20-21H,4-9,14-15H2,1-3H3;1H. The fourth-order valence-electron chi connectivity index (χ4n) is 2.74. The van der Waals surface area contributed by atoms with Crippen LogP contribution in [0.1, 0.15) is 69.2 Å². The second-order valence-electron chi connectivity index (χ2n) is 6.53. The third-order valence-electron chi connectivity index (χ3n) is 4.19. The highest BCUT2D eigenvalue weighted by Crippen LogP contribution is 2.13. The van der Waals surface area contributed by atoms with Crippen molar-refractivity contribution in [1.82, 2.24) is 5.32 Å². The highest BCUT2D eigenvalue weighted by molar-refractivity contribution is 7.92. The maximum Gasteiger partial charge on any atom is 0.229 e. The molecule has 150 valence electrons. The minimum absolute atomic E-state index is 0. The zero-order valence-corrected chi connectivity index (χ0v) is 17.7. The van der Waals surface area contributed by atoms with Crippen LogP contribution in [0.4, 0.5) is 5.69 Å². The molecule has 26 heavy (non-hydrogen) atoms. The Bertz CT molecular complexity index is 618. The maximum absolute atomic E-state index is 12.2. The SMILES string of the molecule is CCCCCCC(CC)NCCC(=O)c1ccc(NS(C)(=O)=O)cc1.Cl. The van der Waals surface area contributed by atoms with E-state index in [-0.39, 0.29) is 18.2 Å². The predicted molar refractivity (Wildman–Crippen MR) is 112 cm³/mol. The number of halogens is 1. The third-order valence-corrected chi connectivity index (χ3v) is 4.80. The first-order chi connectivity index (χ1) is 11.9. The van der Waals surface area contributed by atoms with Crippen LogP contribution in [-0.4, -0.2) is 33.0 Å². The van der Waals surface area contributed by atoms with Gasteiger partial charge in [0.2, 0.25) is 10.0 Å². The van der Waals surface area contributed by atoms with Gasteiger partial charge >= 0.3 is 0 Å². The molecular formula is C19H33ClN2O3S. The summed E-state index contributed by atoms with van der Waals surface area (Å²) < 4.78 is 24.7. The van der Waals surface area contributed by atoms with Crippen molar-refractivity contribution in [1.29, 1.82) is 0 Å². The van der Waals surface area contributed by atoms with Crippen LogP contribution < -0.4 is 10.0 Å². The second-order valence-corrected chi connectivity index (χ2v) is 8.28. The first-order valence-electron chi connectivity index (χ1n) is 9.20. The molecule has 1 rings (SSSR count). The van der Waals surface area contributed by atoms with E-state index < -0.39 is 10.0 Å². The van der Waals surface area contributed by atoms with E-state index in [0.29, 0.717) is 30.3 Å². The van der Waals surface area contributed by atoms with Gasteiger partial charge in [0.25, 0.3) is 0 Å². The zero-order chi connectivity index (χ0) is 18.7. The molecule has 1 aromatic carbocycles. The van der Waals surface area contributed by atoms with Crippen LogP contribution in [0.5, 0.6) is 0 Å². The van der Waals surface area contributed by atoms with Crippen LogP contribution in [0, 0.1) is 0 Å². The van der Waals surface area contributed by atoms with E-state index in [0.717, 1.165) is 19.1 Å². The predicted octanol–water partition coefficient (Wildman–Crippen LogP) is 4.39. The fraction of sp³-hybridized carbons (Fsp3) is 0.632. The van der Waals surface area contributed by atoms with Gasteiger partial charge in [0.1, 0.15) is 0 Å². The molecule has 1 atom stereocenters. The molecule has 0 saturated carbocycles. The van der Waals surface area contributed by atoms with Gasteiger partial charge in [0.15, 0.2) is 5.78 Å². The highest BCUT2D eigenvalue weighted by atomic mass is 35.5. The average Bonchev–Trinajstić information content (AvgIpc) is 2.56. The third kappa shape index (κ3) is 10.8. The molecule has 0 saturated heterocycles. The van der Waals surface area contributed by atoms with Crippen LogP contribution in [0.25, 0.3) is 0 Å². The van der Waals surface area contributed by atoms with Crippen LogP contribution in [0.3, 0.4) is 0 Å². The van der Waals surface area contributed by atoms with E-state index in [1.54, 1.807) is 24.3 Å². The number of ketones is 1. The van der Waals surface area contributed by atoms with E-state index in [9.17, 15) is 13.2 Å². The Morgan fingerprint density at radius 1 is 1.08 bits per heavy atom. The van der Waals surface area contributed by atoms with Gasteiger partial charge in [-0.2, -0.15) is 0 Å². The Hall–Kier alpha value is -1.11. The van der Waals surface area contributed by atoms with Gasteiger partial charge in [-0.1, -0.05) is 39.5 Å². The number of rotatable bonds is 13. The highest BCUT2D eigenvalue weighted by Gasteiger charge is 2.09. The van der Waals surface area contributed by atoms with E-state index in [2.05, 4.69) is 23.9 Å². The summed E-state index contributed by atoms with van der Waals surface area (Å²) in [4.78, 5) is 12.2. The maximum atomic E-state index is 12.2. The Morgan fingerprint density at radius 3 is 2.27 bits per heavy atom. The molecular weight excluding hydrogens is 372 g/mol. The minimum Gasteiger partial charge on any atom is -0.314 e. The molecule has 0 aliphatic carbocycles. The molecule has 5 nitrogen and oxygen atoms in total. The Kier molecular flexibility index (Phi) is 12.6. The number of hydrogen-bond donors (Lipinski definition) is 2. The number of carbonyl (C=O) groups is 1. The largest absolute Gasteiger partial charge is 0.314 e. The van der Waals surface area contributed by atoms with Crippen molar-refractivity contribution >= 4 is 33.9 Å². The van der Waals surface area contributed by atoms with E-state index in [1.165, 1.54) is 25.7 Å². The van der Waals surface area contributed by atoms with Crippen molar-refractivity contribution in [3.05, 3.63) is 29.8 Å². The average molecular weight is 405 g/mol. The lowest BCUT2D eigenvalue weighted by atomic mass is 10.0. The molecule has 2 N–H and O–H groups in total. The molecule has 0 bridgehead atoms. The monoisotopic (exact) mass is 404 g/mol. The number of unbranched alkanes of at least 4 members (excludes halogenated alkanes) is 3. The van der Waals surface area contributed by atoms with Gasteiger partial charge in [0, 0.05) is 30.3 Å². The van der Waals surface area contributed by atoms with Gasteiger partial charge in [0.05, 0.1) is 6.26 Å². The molecule has 1 unspecified atom stereocenters. The smallest absolute Gasteiger partial charge is 0.229 e. The minimum atomic E-state index is -3.29. The summed E-state index contributed by atoms with van der Waals surface area (Å²) in [7, 11) is -3.29.